The van der Waals surface area contributed by atoms with Gasteiger partial charge in [-0.25, -0.2) is 0 Å². The fourth-order valence-corrected chi connectivity index (χ4v) is 14.7. The van der Waals surface area contributed by atoms with Crippen molar-refractivity contribution in [3.05, 3.63) is 11.6 Å². The monoisotopic (exact) mass is 959 g/mol. The molecule has 0 amide bonds. The summed E-state index contributed by atoms with van der Waals surface area (Å²) in [6.45, 7) is 17.2. The number of aliphatic hydroxyl groups is 10. The molecular formula is C48H78O19. The number of cyclic esters (lactones) is 1. The van der Waals surface area contributed by atoms with Crippen LogP contribution in [-0.4, -0.2) is 186 Å². The average molecular weight is 959 g/mol. The highest BCUT2D eigenvalue weighted by atomic mass is 16.8. The fourth-order valence-electron chi connectivity index (χ4n) is 14.7. The average Bonchev–Trinajstić information content (AvgIpc) is 3.51. The minimum Gasteiger partial charge on any atom is -0.459 e. The van der Waals surface area contributed by atoms with Crippen molar-refractivity contribution in [2.75, 3.05) is 13.2 Å². The first-order valence-corrected chi connectivity index (χ1v) is 24.4. The second-order valence-electron chi connectivity index (χ2n) is 22.9. The molecule has 19 heteroatoms. The molecule has 8 fully saturated rings. The maximum atomic E-state index is 13.9. The van der Waals surface area contributed by atoms with Gasteiger partial charge in [-0.15, -0.1) is 0 Å². The van der Waals surface area contributed by atoms with Crippen LogP contribution in [0.2, 0.25) is 0 Å². The number of fused-ring (bicyclic) bond motifs is 7. The number of ether oxygens (including phenoxy) is 8. The summed E-state index contributed by atoms with van der Waals surface area (Å²) in [6.07, 6.45) is -18.7. The highest BCUT2D eigenvalue weighted by Crippen LogP contribution is 2.75. The molecule has 8 rings (SSSR count). The molecule has 5 saturated heterocycles. The number of carbonyl (C=O) groups excluding carboxylic acids is 1. The van der Waals surface area contributed by atoms with Crippen LogP contribution in [-0.2, 0) is 42.7 Å². The smallest absolute Gasteiger partial charge is 0.312 e. The lowest BCUT2D eigenvalue weighted by Crippen LogP contribution is -2.72. The summed E-state index contributed by atoms with van der Waals surface area (Å²) in [5, 5.41) is 109. The highest BCUT2D eigenvalue weighted by Gasteiger charge is 2.76. The summed E-state index contributed by atoms with van der Waals surface area (Å²) in [4.78, 5) is 13.9. The zero-order valence-corrected chi connectivity index (χ0v) is 40.3. The van der Waals surface area contributed by atoms with Crippen LogP contribution in [0.15, 0.2) is 11.6 Å². The van der Waals surface area contributed by atoms with E-state index in [0.717, 1.165) is 24.8 Å². The summed E-state index contributed by atoms with van der Waals surface area (Å²) in [7, 11) is 0. The Morgan fingerprint density at radius 2 is 1.34 bits per heavy atom. The SMILES string of the molecule is CC(C)=CCC1OC(=O)C2C3CCC4C5(C)CCC(OC6OC(COC7OC(C)C(O)C(O)C7O)C(O)C(O)C6OC6OC(CO)C(O)C(O)C6O)C(C)(C)C5CCC4(C)C3(C)C(O)OC12C. The van der Waals surface area contributed by atoms with Crippen molar-refractivity contribution in [1.82, 2.24) is 0 Å². The first-order valence-electron chi connectivity index (χ1n) is 24.4. The summed E-state index contributed by atoms with van der Waals surface area (Å²) in [5.74, 6) is -0.786. The molecule has 0 aromatic rings. The fraction of sp³-hybridized carbons (Fsp3) is 0.938. The summed E-state index contributed by atoms with van der Waals surface area (Å²) in [6, 6.07) is 0. The van der Waals surface area contributed by atoms with Gasteiger partial charge in [-0.3, -0.25) is 4.79 Å². The number of allylic oxidation sites excluding steroid dienone is 1. The molecule has 0 bridgehead atoms. The second-order valence-corrected chi connectivity index (χ2v) is 22.9. The van der Waals surface area contributed by atoms with Gasteiger partial charge in [0.1, 0.15) is 78.8 Å². The van der Waals surface area contributed by atoms with Crippen molar-refractivity contribution in [2.45, 2.75) is 223 Å². The van der Waals surface area contributed by atoms with Gasteiger partial charge in [0.15, 0.2) is 25.2 Å². The van der Waals surface area contributed by atoms with E-state index in [1.54, 1.807) is 0 Å². The zero-order valence-electron chi connectivity index (χ0n) is 40.3. The first kappa shape index (κ1) is 51.9. The minimum atomic E-state index is -1.84. The van der Waals surface area contributed by atoms with Crippen molar-refractivity contribution < 1.29 is 93.8 Å². The zero-order chi connectivity index (χ0) is 49.1. The van der Waals surface area contributed by atoms with Crippen molar-refractivity contribution >= 4 is 5.97 Å². The van der Waals surface area contributed by atoms with E-state index >= 15 is 0 Å². The van der Waals surface area contributed by atoms with Crippen molar-refractivity contribution in [2.24, 2.45) is 45.3 Å². The van der Waals surface area contributed by atoms with E-state index in [9.17, 15) is 55.9 Å². The Bertz CT molecular complexity index is 1810. The summed E-state index contributed by atoms with van der Waals surface area (Å²) < 4.78 is 49.1. The quantitative estimate of drug-likeness (QED) is 0.0791. The predicted octanol–water partition coefficient (Wildman–Crippen LogP) is 0.128. The van der Waals surface area contributed by atoms with Crippen LogP contribution in [0.3, 0.4) is 0 Å². The second kappa shape index (κ2) is 18.5. The van der Waals surface area contributed by atoms with Gasteiger partial charge in [-0.05, 0) is 100 Å². The Balaban J connectivity index is 1.04. The van der Waals surface area contributed by atoms with Crippen LogP contribution in [0.5, 0.6) is 0 Å². The van der Waals surface area contributed by atoms with E-state index in [4.69, 9.17) is 37.9 Å². The topological polar surface area (TPSA) is 293 Å². The third-order valence-corrected chi connectivity index (χ3v) is 18.9. The van der Waals surface area contributed by atoms with Gasteiger partial charge in [0.2, 0.25) is 0 Å². The molecule has 0 radical (unpaired) electrons. The molecule has 5 heterocycles. The molecule has 3 saturated carbocycles. The van der Waals surface area contributed by atoms with E-state index in [2.05, 4.69) is 34.6 Å². The molecule has 10 N–H and O–H groups in total. The third-order valence-electron chi connectivity index (χ3n) is 18.9. The van der Waals surface area contributed by atoms with Gasteiger partial charge >= 0.3 is 5.97 Å². The van der Waals surface area contributed by atoms with Crippen molar-refractivity contribution in [3.63, 3.8) is 0 Å². The lowest BCUT2D eigenvalue weighted by Gasteiger charge is -2.72. The number of carbonyl (C=O) groups is 1. The van der Waals surface area contributed by atoms with Crippen molar-refractivity contribution in [1.29, 1.82) is 0 Å². The van der Waals surface area contributed by atoms with Crippen LogP contribution >= 0.6 is 0 Å². The number of esters is 1. The first-order chi connectivity index (χ1) is 31.3. The molecule has 0 spiro atoms. The van der Waals surface area contributed by atoms with Gasteiger partial charge in [0, 0.05) is 11.8 Å². The number of aliphatic hydroxyl groups excluding tert-OH is 10. The number of rotatable bonds is 10. The van der Waals surface area contributed by atoms with Crippen LogP contribution in [0.4, 0.5) is 0 Å². The summed E-state index contributed by atoms with van der Waals surface area (Å²) >= 11 is 0. The molecule has 19 nitrogen and oxygen atoms in total. The van der Waals surface area contributed by atoms with Gasteiger partial charge < -0.3 is 89.0 Å². The van der Waals surface area contributed by atoms with Gasteiger partial charge in [-0.1, -0.05) is 46.3 Å². The maximum absolute atomic E-state index is 13.9. The number of hydrogen-bond acceptors (Lipinski definition) is 19. The Labute approximate surface area is 392 Å². The van der Waals surface area contributed by atoms with E-state index in [0.29, 0.717) is 25.7 Å². The van der Waals surface area contributed by atoms with E-state index in [1.165, 1.54) is 6.92 Å². The Kier molecular flexibility index (Phi) is 14.4. The van der Waals surface area contributed by atoms with Gasteiger partial charge in [0.05, 0.1) is 31.3 Å². The maximum Gasteiger partial charge on any atom is 0.312 e. The lowest BCUT2D eigenvalue weighted by atomic mass is 9.34. The van der Waals surface area contributed by atoms with E-state index < -0.39 is 152 Å². The van der Waals surface area contributed by atoms with Crippen molar-refractivity contribution in [3.8, 4) is 0 Å². The van der Waals surface area contributed by atoms with E-state index in [-0.39, 0.29) is 29.1 Å². The normalized spacial score (nSPS) is 55.1. The molecule has 26 atom stereocenters. The molecule has 67 heavy (non-hydrogen) atoms. The molecule has 5 aliphatic heterocycles. The predicted molar refractivity (Wildman–Crippen MR) is 232 cm³/mol. The molecule has 26 unspecified atom stereocenters. The third kappa shape index (κ3) is 8.19. The van der Waals surface area contributed by atoms with Gasteiger partial charge in [-0.2, -0.15) is 0 Å². The largest absolute Gasteiger partial charge is 0.459 e. The molecule has 384 valence electrons. The molecule has 3 aliphatic carbocycles. The van der Waals surface area contributed by atoms with Crippen LogP contribution in [0.25, 0.3) is 0 Å². The Morgan fingerprint density at radius 3 is 2.01 bits per heavy atom. The van der Waals surface area contributed by atoms with Crippen LogP contribution in [0.1, 0.15) is 107 Å². The van der Waals surface area contributed by atoms with Crippen LogP contribution in [0, 0.1) is 45.3 Å². The lowest BCUT2D eigenvalue weighted by molar-refractivity contribution is -0.384. The standard InChI is InChI=1S/C48H78O19/c1-20(2)10-13-28-48(9)29(39(58)64-28)22-11-12-26-45(6)16-15-27(44(4,5)25(45)14-17-46(26,7)47(22,8)43(59)67-48)65-42-38(66-41-37(57)34(54)31(51)23(18-49)62-41)35(55)32(52)24(63-42)19-60-40-36(56)33(53)30(50)21(3)61-40/h10,21-38,40-43,49-57,59H,11-19H2,1-9H3. The Morgan fingerprint density at radius 1 is 0.701 bits per heavy atom. The molecule has 0 aromatic carbocycles. The number of hydrogen-bond donors (Lipinski definition) is 10. The van der Waals surface area contributed by atoms with Gasteiger partial charge in [0.25, 0.3) is 0 Å². The van der Waals surface area contributed by atoms with Crippen LogP contribution < -0.4 is 0 Å². The molecule has 0 aromatic heterocycles. The molecule has 8 aliphatic rings. The van der Waals surface area contributed by atoms with E-state index in [1.807, 2.05) is 26.8 Å². The Hall–Kier alpha value is -1.47. The molecular weight excluding hydrogens is 881 g/mol. The minimum absolute atomic E-state index is 0.0607. The summed E-state index contributed by atoms with van der Waals surface area (Å²) in [5.41, 5.74) is -1.93. The highest BCUT2D eigenvalue weighted by molar-refractivity contribution is 5.78.